The van der Waals surface area contributed by atoms with Gasteiger partial charge in [0.25, 0.3) is 5.91 Å². The number of amides is 1. The molecule has 7 nitrogen and oxygen atoms in total. The summed E-state index contributed by atoms with van der Waals surface area (Å²) >= 11 is 1.59. The van der Waals surface area contributed by atoms with Crippen LogP contribution in [0.15, 0.2) is 40.5 Å². The Hall–Kier alpha value is -3.26. The molecule has 0 aliphatic rings. The predicted molar refractivity (Wildman–Crippen MR) is 117 cm³/mol. The van der Waals surface area contributed by atoms with E-state index in [0.717, 1.165) is 44.2 Å². The topological polar surface area (TPSA) is 85.8 Å². The summed E-state index contributed by atoms with van der Waals surface area (Å²) in [7, 11) is 0. The van der Waals surface area contributed by atoms with E-state index in [1.807, 2.05) is 62.2 Å². The smallest absolute Gasteiger partial charge is 0.252 e. The molecule has 0 saturated heterocycles. The van der Waals surface area contributed by atoms with E-state index in [2.05, 4.69) is 20.6 Å². The highest BCUT2D eigenvalue weighted by Crippen LogP contribution is 2.32. The summed E-state index contributed by atoms with van der Waals surface area (Å²) in [5, 5.41) is 13.4. The fraction of sp³-hybridized carbons (Fsp3) is 0.273. The van der Waals surface area contributed by atoms with Gasteiger partial charge < -0.3 is 9.84 Å². The summed E-state index contributed by atoms with van der Waals surface area (Å²) in [5.41, 5.74) is 6.17. The van der Waals surface area contributed by atoms with Crippen LogP contribution in [0.25, 0.3) is 22.6 Å². The van der Waals surface area contributed by atoms with E-state index < -0.39 is 0 Å². The zero-order chi connectivity index (χ0) is 21.3. The summed E-state index contributed by atoms with van der Waals surface area (Å²) in [5.74, 6) is 0.594. The molecule has 1 N–H and O–H groups in total. The van der Waals surface area contributed by atoms with Crippen LogP contribution in [-0.4, -0.2) is 32.4 Å². The van der Waals surface area contributed by atoms with Gasteiger partial charge in [-0.2, -0.15) is 5.10 Å². The van der Waals surface area contributed by atoms with Crippen molar-refractivity contribution in [3.63, 3.8) is 0 Å². The highest BCUT2D eigenvalue weighted by atomic mass is 32.1. The molecule has 4 rings (SSSR count). The third kappa shape index (κ3) is 3.91. The van der Waals surface area contributed by atoms with Crippen LogP contribution < -0.4 is 5.32 Å². The van der Waals surface area contributed by atoms with Crippen molar-refractivity contribution < 1.29 is 9.32 Å². The van der Waals surface area contributed by atoms with Crippen molar-refractivity contribution in [1.29, 1.82) is 0 Å². The number of carbonyl (C=O) groups is 1. The minimum Gasteiger partial charge on any atom is -0.356 e. The van der Waals surface area contributed by atoms with Gasteiger partial charge in [-0.15, -0.1) is 11.3 Å². The Balaban J connectivity index is 1.58. The monoisotopic (exact) mass is 421 g/mol. The first kappa shape index (κ1) is 20.0. The lowest BCUT2D eigenvalue weighted by molar-refractivity contribution is 0.0952. The van der Waals surface area contributed by atoms with Gasteiger partial charge in [0, 0.05) is 40.3 Å². The lowest BCUT2D eigenvalue weighted by atomic mass is 10.1. The van der Waals surface area contributed by atoms with Crippen LogP contribution in [0.1, 0.15) is 32.2 Å². The third-order valence-corrected chi connectivity index (χ3v) is 6.07. The molecule has 8 heteroatoms. The van der Waals surface area contributed by atoms with E-state index in [1.54, 1.807) is 17.5 Å². The van der Waals surface area contributed by atoms with Gasteiger partial charge in [0.15, 0.2) is 5.76 Å². The summed E-state index contributed by atoms with van der Waals surface area (Å²) < 4.78 is 7.34. The largest absolute Gasteiger partial charge is 0.356 e. The van der Waals surface area contributed by atoms with Crippen molar-refractivity contribution in [2.75, 3.05) is 6.54 Å². The zero-order valence-electron chi connectivity index (χ0n) is 17.4. The number of nitrogens with zero attached hydrogens (tertiary/aromatic N) is 4. The average Bonchev–Trinajstić information content (AvgIpc) is 3.42. The van der Waals surface area contributed by atoms with E-state index >= 15 is 0 Å². The lowest BCUT2D eigenvalue weighted by Gasteiger charge is -2.10. The Kier molecular flexibility index (Phi) is 5.50. The maximum atomic E-state index is 12.5. The molecule has 30 heavy (non-hydrogen) atoms. The summed E-state index contributed by atoms with van der Waals surface area (Å²) in [6, 6.07) is 5.86. The quantitative estimate of drug-likeness (QED) is 0.501. The van der Waals surface area contributed by atoms with Crippen LogP contribution >= 0.6 is 11.3 Å². The van der Waals surface area contributed by atoms with Gasteiger partial charge in [-0.05, 0) is 45.4 Å². The van der Waals surface area contributed by atoms with Crippen LogP contribution in [0.5, 0.6) is 0 Å². The highest BCUT2D eigenvalue weighted by Gasteiger charge is 2.19. The number of hydrogen-bond acceptors (Lipinski definition) is 6. The molecular weight excluding hydrogens is 398 g/mol. The van der Waals surface area contributed by atoms with Crippen molar-refractivity contribution >= 4 is 17.2 Å². The zero-order valence-corrected chi connectivity index (χ0v) is 18.2. The van der Waals surface area contributed by atoms with Crippen LogP contribution in [0.2, 0.25) is 0 Å². The van der Waals surface area contributed by atoms with E-state index in [-0.39, 0.29) is 5.91 Å². The number of nitrogens with one attached hydrogen (secondary N) is 1. The predicted octanol–water partition coefficient (Wildman–Crippen LogP) is 4.33. The van der Waals surface area contributed by atoms with Gasteiger partial charge in [0.1, 0.15) is 0 Å². The normalized spacial score (nSPS) is 11.1. The van der Waals surface area contributed by atoms with Crippen molar-refractivity contribution in [3.05, 3.63) is 63.4 Å². The van der Waals surface area contributed by atoms with E-state index in [0.29, 0.717) is 18.8 Å². The molecule has 0 unspecified atom stereocenters. The molecular formula is C22H23N5O2S. The molecule has 0 aliphatic heterocycles. The SMILES string of the molecule is Cc1ccc(-c2c(-c3cc(C)no3)cnn2CCNC(=O)c2csc(C)c2C)cn1. The molecule has 4 aromatic rings. The summed E-state index contributed by atoms with van der Waals surface area (Å²) in [6.45, 7) is 8.80. The fourth-order valence-electron chi connectivity index (χ4n) is 3.25. The molecule has 0 radical (unpaired) electrons. The third-order valence-electron chi connectivity index (χ3n) is 5.06. The van der Waals surface area contributed by atoms with E-state index in [4.69, 9.17) is 4.52 Å². The highest BCUT2D eigenvalue weighted by molar-refractivity contribution is 7.10. The van der Waals surface area contributed by atoms with Gasteiger partial charge in [-0.1, -0.05) is 5.16 Å². The first-order valence-corrected chi connectivity index (χ1v) is 10.6. The van der Waals surface area contributed by atoms with Gasteiger partial charge in [0.05, 0.1) is 35.3 Å². The number of pyridine rings is 1. The van der Waals surface area contributed by atoms with Crippen LogP contribution in [0.4, 0.5) is 0 Å². The van der Waals surface area contributed by atoms with E-state index in [1.165, 1.54) is 0 Å². The molecule has 0 saturated carbocycles. The van der Waals surface area contributed by atoms with Crippen molar-refractivity contribution in [2.24, 2.45) is 0 Å². The molecule has 0 fully saturated rings. The molecule has 0 bridgehead atoms. The second kappa shape index (κ2) is 8.23. The second-order valence-electron chi connectivity index (χ2n) is 7.24. The van der Waals surface area contributed by atoms with Crippen LogP contribution in [0, 0.1) is 27.7 Å². The molecule has 4 heterocycles. The Labute approximate surface area is 178 Å². The molecule has 0 aromatic carbocycles. The molecule has 0 atom stereocenters. The minimum absolute atomic E-state index is 0.0614. The Morgan fingerprint density at radius 3 is 2.63 bits per heavy atom. The van der Waals surface area contributed by atoms with Gasteiger partial charge in [0.2, 0.25) is 0 Å². The van der Waals surface area contributed by atoms with Gasteiger partial charge in [-0.3, -0.25) is 14.5 Å². The molecule has 1 amide bonds. The summed E-state index contributed by atoms with van der Waals surface area (Å²) in [6.07, 6.45) is 3.59. The molecule has 0 aliphatic carbocycles. The minimum atomic E-state index is -0.0614. The second-order valence-corrected chi connectivity index (χ2v) is 8.32. The van der Waals surface area contributed by atoms with Crippen molar-refractivity contribution in [3.8, 4) is 22.6 Å². The van der Waals surface area contributed by atoms with Crippen LogP contribution in [0.3, 0.4) is 0 Å². The lowest BCUT2D eigenvalue weighted by Crippen LogP contribution is -2.27. The van der Waals surface area contributed by atoms with Gasteiger partial charge in [-0.25, -0.2) is 0 Å². The molecule has 0 spiro atoms. The Morgan fingerprint density at radius 2 is 2.00 bits per heavy atom. The maximum absolute atomic E-state index is 12.5. The first-order valence-electron chi connectivity index (χ1n) is 9.69. The number of aryl methyl sites for hydroxylation is 3. The van der Waals surface area contributed by atoms with Crippen LogP contribution in [-0.2, 0) is 6.54 Å². The maximum Gasteiger partial charge on any atom is 0.252 e. The number of thiophene rings is 1. The fourth-order valence-corrected chi connectivity index (χ4v) is 4.11. The van der Waals surface area contributed by atoms with Gasteiger partial charge >= 0.3 is 0 Å². The number of hydrogen-bond donors (Lipinski definition) is 1. The van der Waals surface area contributed by atoms with E-state index in [9.17, 15) is 4.79 Å². The first-order chi connectivity index (χ1) is 14.4. The molecule has 154 valence electrons. The Morgan fingerprint density at radius 1 is 1.17 bits per heavy atom. The number of carbonyl (C=O) groups excluding carboxylic acids is 1. The number of aromatic nitrogens is 4. The standard InChI is InChI=1S/C22H23N5O2S/c1-13-5-6-17(10-24-13)21-18(20-9-14(2)26-29-20)11-25-27(21)8-7-23-22(28)19-12-30-16(4)15(19)3/h5-6,9-12H,7-8H2,1-4H3,(H,23,28). The van der Waals surface area contributed by atoms with Crippen molar-refractivity contribution in [2.45, 2.75) is 34.2 Å². The van der Waals surface area contributed by atoms with Crippen molar-refractivity contribution in [1.82, 2.24) is 25.2 Å². The average molecular weight is 422 g/mol. The summed E-state index contributed by atoms with van der Waals surface area (Å²) in [4.78, 5) is 18.1. The number of rotatable bonds is 6. The Bertz CT molecular complexity index is 1190. The molecule has 4 aromatic heterocycles.